The number of phenols is 1. The number of benzene rings is 4. The molecule has 10 rings (SSSR count). The lowest BCUT2D eigenvalue weighted by atomic mass is 10.0. The fraction of sp³-hybridized carbons (Fsp3) is 0.471. The summed E-state index contributed by atoms with van der Waals surface area (Å²) in [4.78, 5) is 81.8. The summed E-state index contributed by atoms with van der Waals surface area (Å²) in [6, 6.07) is 29.7. The highest BCUT2D eigenvalue weighted by Crippen LogP contribution is 2.40. The number of rotatable bonds is 29. The molecule has 0 spiro atoms. The molecule has 19 nitrogen and oxygen atoms in total. The molecule has 6 heterocycles. The molecule has 466 valence electrons. The van der Waals surface area contributed by atoms with Gasteiger partial charge in [-0.3, -0.25) is 28.9 Å². The summed E-state index contributed by atoms with van der Waals surface area (Å²) in [6.45, 7) is 12.8. The van der Waals surface area contributed by atoms with Crippen molar-refractivity contribution in [2.24, 2.45) is 5.92 Å². The second-order valence-electron chi connectivity index (χ2n) is 24.2. The van der Waals surface area contributed by atoms with Crippen LogP contribution in [0.25, 0.3) is 21.7 Å². The molecule has 2 unspecified atom stereocenters. The first-order chi connectivity index (χ1) is 42.8. The molecule has 0 saturated carbocycles. The second kappa shape index (κ2) is 30.3. The van der Waals surface area contributed by atoms with Crippen LogP contribution in [0.4, 0.5) is 17.2 Å². The zero-order valence-electron chi connectivity index (χ0n) is 51.1. The molecule has 4 aliphatic heterocycles. The summed E-state index contributed by atoms with van der Waals surface area (Å²) in [5.41, 5.74) is 15.5. The van der Waals surface area contributed by atoms with Gasteiger partial charge in [-0.05, 0) is 86.1 Å². The number of carbonyl (C=O) groups excluding carboxylic acids is 5. The van der Waals surface area contributed by atoms with Crippen molar-refractivity contribution in [2.75, 3.05) is 81.1 Å². The largest absolute Gasteiger partial charge is 0.507 e. The first-order valence-electron chi connectivity index (χ1n) is 31.5. The van der Waals surface area contributed by atoms with Gasteiger partial charge in [-0.25, -0.2) is 4.98 Å². The fourth-order valence-corrected chi connectivity index (χ4v) is 13.6. The lowest BCUT2D eigenvalue weighted by Gasteiger charge is -2.43. The van der Waals surface area contributed by atoms with Gasteiger partial charge in [-0.15, -0.1) is 21.5 Å². The van der Waals surface area contributed by atoms with E-state index in [1.54, 1.807) is 35.6 Å². The summed E-state index contributed by atoms with van der Waals surface area (Å²) in [5, 5.41) is 25.3. The number of fused-ring (bicyclic) bond motifs is 2. The lowest BCUT2D eigenvalue weighted by Crippen LogP contribution is -2.54. The number of phenolic OH excluding ortho intramolecular Hbond substituents is 1. The van der Waals surface area contributed by atoms with Gasteiger partial charge in [0.15, 0.2) is 11.6 Å². The number of thiazole rings is 1. The van der Waals surface area contributed by atoms with Gasteiger partial charge in [0.1, 0.15) is 36.2 Å². The molecule has 0 aliphatic carbocycles. The molecule has 6 aromatic rings. The van der Waals surface area contributed by atoms with E-state index in [9.17, 15) is 29.1 Å². The Hall–Kier alpha value is -7.94. The van der Waals surface area contributed by atoms with Crippen LogP contribution in [0.3, 0.4) is 0 Å². The minimum absolute atomic E-state index is 0.0569. The van der Waals surface area contributed by atoms with Crippen molar-refractivity contribution in [3.8, 4) is 38.9 Å². The van der Waals surface area contributed by atoms with Gasteiger partial charge in [0.2, 0.25) is 17.7 Å². The van der Waals surface area contributed by atoms with Gasteiger partial charge in [-0.2, -0.15) is 0 Å². The van der Waals surface area contributed by atoms with Crippen molar-refractivity contribution in [3.63, 3.8) is 0 Å². The van der Waals surface area contributed by atoms with Gasteiger partial charge in [-0.1, -0.05) is 107 Å². The number of nitrogens with two attached hydrogens (primary N) is 1. The molecule has 4 atom stereocenters. The number of aldehydes is 1. The Labute approximate surface area is 521 Å². The number of piperazine rings is 2. The molecule has 3 amide bonds. The predicted molar refractivity (Wildman–Crippen MR) is 344 cm³/mol. The number of para-hydroxylation sites is 1. The third kappa shape index (κ3) is 15.8. The van der Waals surface area contributed by atoms with E-state index in [1.807, 2.05) is 85.8 Å². The number of hydrogen-bond acceptors (Lipinski definition) is 17. The van der Waals surface area contributed by atoms with Gasteiger partial charge in [0.25, 0.3) is 0 Å². The number of aromatic hydroxyl groups is 1. The van der Waals surface area contributed by atoms with E-state index in [0.29, 0.717) is 60.1 Å². The first-order valence-corrected chi connectivity index (χ1v) is 32.4. The van der Waals surface area contributed by atoms with Crippen molar-refractivity contribution >= 4 is 58.3 Å². The lowest BCUT2D eigenvalue weighted by molar-refractivity contribution is -0.141. The normalized spacial score (nSPS) is 18.0. The number of ketones is 1. The number of nitrogens with zero attached hydrogens (tertiary/aromatic N) is 8. The Balaban J connectivity index is 0.595. The van der Waals surface area contributed by atoms with Gasteiger partial charge < -0.3 is 50.5 Å². The number of amides is 3. The summed E-state index contributed by atoms with van der Waals surface area (Å²) in [5.74, 6) is 1.30. The SMILES string of the molecule is Cc1ncsc1-c1ccc(CNC(=O)[C@@H]2CC(=O)CN2C(=O)[C@@H](NCc2ccccc2C=O)C(C)C)c(OCCCCCCCCCCC(=O)N2CCN(CCOc3cccc(N4C5CCC4CN(c4cc(-c6ccccc6O)nnc4N)C5)c3)CC2)c1. The number of aromatic nitrogens is 3. The maximum Gasteiger partial charge on any atom is 0.243 e. The standard InChI is InChI=1S/C68H85N11O8S/c1-46(2)64(70-39-49-17-11-12-18-51(49)44-80)68(85)78-43-55(81)37-60(78)67(84)71-40-50-25-24-48(65-47(3)72-45-88-65)35-62(50)87-33-15-9-7-5-4-6-8-10-23-63(83)76-30-28-75(29-31-76)32-34-86-56-20-16-19-52(36-56)79-53-26-27-54(79)42-77(41-53)59-38-58(73-74-66(59)69)57-21-13-14-22-61(57)82/h11-14,16-22,24-25,35-36,38,44-46,53-54,60,64,70,82H,4-10,15,23,26-34,37,39-43H2,1-3H3,(H2,69,74)(H,71,84)/t53?,54?,60-,64-/m0/s1. The summed E-state index contributed by atoms with van der Waals surface area (Å²) in [6.07, 6.45) is 11.8. The number of nitrogens with one attached hydrogen (secondary N) is 2. The number of carbonyl (C=O) groups is 5. The minimum atomic E-state index is -0.939. The van der Waals surface area contributed by atoms with E-state index in [0.717, 1.165) is 155 Å². The van der Waals surface area contributed by atoms with E-state index in [-0.39, 0.29) is 55.3 Å². The number of hydrogen-bond donors (Lipinski definition) is 4. The molecule has 4 saturated heterocycles. The Morgan fingerprint density at radius 2 is 1.55 bits per heavy atom. The third-order valence-electron chi connectivity index (χ3n) is 17.7. The second-order valence-corrected chi connectivity index (χ2v) is 25.0. The number of Topliss-reactive ketones (excluding diaryl/α,β-unsaturated/α-hetero) is 1. The van der Waals surface area contributed by atoms with Crippen LogP contribution >= 0.6 is 11.3 Å². The van der Waals surface area contributed by atoms with Crippen molar-refractivity contribution < 1.29 is 38.6 Å². The molecule has 4 aliphatic rings. The van der Waals surface area contributed by atoms with E-state index in [2.05, 4.69) is 58.7 Å². The van der Waals surface area contributed by atoms with Crippen molar-refractivity contribution in [1.82, 2.24) is 40.5 Å². The number of anilines is 3. The Kier molecular flexibility index (Phi) is 21.7. The average molecular weight is 1220 g/mol. The Morgan fingerprint density at radius 1 is 0.807 bits per heavy atom. The molecule has 5 N–H and O–H groups in total. The van der Waals surface area contributed by atoms with Crippen LogP contribution in [0.5, 0.6) is 17.2 Å². The highest BCUT2D eigenvalue weighted by Gasteiger charge is 2.43. The van der Waals surface area contributed by atoms with Crippen molar-refractivity contribution in [2.45, 2.75) is 135 Å². The summed E-state index contributed by atoms with van der Waals surface area (Å²) < 4.78 is 12.8. The topological polar surface area (TPSA) is 229 Å². The molecular weight excluding hydrogens is 1130 g/mol. The molecule has 0 radical (unpaired) electrons. The van der Waals surface area contributed by atoms with Crippen LogP contribution in [-0.2, 0) is 32.3 Å². The Morgan fingerprint density at radius 3 is 2.28 bits per heavy atom. The Bertz CT molecular complexity index is 3360. The maximum atomic E-state index is 14.0. The molecule has 20 heteroatoms. The zero-order chi connectivity index (χ0) is 61.5. The monoisotopic (exact) mass is 1220 g/mol. The quantitative estimate of drug-likeness (QED) is 0.0253. The highest BCUT2D eigenvalue weighted by atomic mass is 32.1. The predicted octanol–water partition coefficient (Wildman–Crippen LogP) is 9.25. The number of aryl methyl sites for hydroxylation is 1. The van der Waals surface area contributed by atoms with E-state index in [4.69, 9.17) is 15.2 Å². The van der Waals surface area contributed by atoms with Gasteiger partial charge >= 0.3 is 0 Å². The molecular formula is C68H85N11O8S. The average Bonchev–Trinajstić information content (AvgIpc) is 3.27. The molecule has 2 bridgehead atoms. The van der Waals surface area contributed by atoms with Crippen molar-refractivity contribution in [1.29, 1.82) is 0 Å². The molecule has 2 aromatic heterocycles. The highest BCUT2D eigenvalue weighted by molar-refractivity contribution is 7.13. The van der Waals surface area contributed by atoms with Crippen LogP contribution in [0.2, 0.25) is 0 Å². The number of unbranched alkanes of at least 4 members (excludes halogenated alkanes) is 7. The fourth-order valence-electron chi connectivity index (χ4n) is 12.8. The van der Waals surface area contributed by atoms with Crippen LogP contribution in [-0.4, -0.2) is 155 Å². The molecule has 88 heavy (non-hydrogen) atoms. The number of likely N-dealkylation sites (tertiary alicyclic amines) is 1. The zero-order valence-corrected chi connectivity index (χ0v) is 51.9. The summed E-state index contributed by atoms with van der Waals surface area (Å²) in [7, 11) is 0. The van der Waals surface area contributed by atoms with Gasteiger partial charge in [0, 0.05) is 112 Å². The van der Waals surface area contributed by atoms with Crippen molar-refractivity contribution in [3.05, 3.63) is 125 Å². The third-order valence-corrected chi connectivity index (χ3v) is 18.7. The minimum Gasteiger partial charge on any atom is -0.507 e. The van der Waals surface area contributed by atoms with E-state index in [1.165, 1.54) is 10.6 Å². The number of ether oxygens (including phenoxy) is 2. The molecule has 4 aromatic carbocycles. The van der Waals surface area contributed by atoms with Crippen LogP contribution in [0.15, 0.2) is 103 Å². The van der Waals surface area contributed by atoms with Crippen LogP contribution in [0.1, 0.15) is 118 Å². The van der Waals surface area contributed by atoms with Crippen LogP contribution < -0.4 is 35.6 Å². The van der Waals surface area contributed by atoms with Gasteiger partial charge in [0.05, 0.1) is 46.7 Å². The smallest absolute Gasteiger partial charge is 0.243 e. The van der Waals surface area contributed by atoms with Crippen LogP contribution in [0, 0.1) is 12.8 Å². The molecule has 4 fully saturated rings. The number of nitrogen functional groups attached to an aromatic ring is 1. The van der Waals surface area contributed by atoms with E-state index >= 15 is 0 Å². The maximum absolute atomic E-state index is 14.0. The first kappa shape index (κ1) is 63.1. The van der Waals surface area contributed by atoms with E-state index < -0.39 is 18.0 Å². The summed E-state index contributed by atoms with van der Waals surface area (Å²) >= 11 is 1.56.